The van der Waals surface area contributed by atoms with Crippen LogP contribution in [-0.2, 0) is 11.3 Å². The van der Waals surface area contributed by atoms with E-state index in [0.29, 0.717) is 18.2 Å². The van der Waals surface area contributed by atoms with Crippen molar-refractivity contribution in [3.63, 3.8) is 0 Å². The maximum atomic E-state index is 12.7. The van der Waals surface area contributed by atoms with Gasteiger partial charge in [0, 0.05) is 13.1 Å². The standard InChI is InChI=1S/C22H26N4O2S/c1-16-8-11-25(12-9-16)20(27)15-29-22-24-23-21(19-10-13-28-17(19)2)26(22)14-18-6-4-3-5-7-18/h3-7,10,13,16H,8-9,11-12,14-15H2,1-2H3. The van der Waals surface area contributed by atoms with E-state index in [1.807, 2.05) is 36.1 Å². The highest BCUT2D eigenvalue weighted by Gasteiger charge is 2.22. The lowest BCUT2D eigenvalue weighted by Gasteiger charge is -2.30. The van der Waals surface area contributed by atoms with E-state index in [0.717, 1.165) is 53.8 Å². The summed E-state index contributed by atoms with van der Waals surface area (Å²) in [5, 5.41) is 9.58. The lowest BCUT2D eigenvalue weighted by Crippen LogP contribution is -2.38. The third-order valence-corrected chi connectivity index (χ3v) is 6.41. The predicted octanol–water partition coefficient (Wildman–Crippen LogP) is 4.25. The molecule has 1 fully saturated rings. The maximum absolute atomic E-state index is 12.7. The summed E-state index contributed by atoms with van der Waals surface area (Å²) in [5.41, 5.74) is 2.09. The van der Waals surface area contributed by atoms with Gasteiger partial charge in [0.1, 0.15) is 5.76 Å². The molecule has 29 heavy (non-hydrogen) atoms. The smallest absolute Gasteiger partial charge is 0.233 e. The summed E-state index contributed by atoms with van der Waals surface area (Å²) in [6, 6.07) is 12.1. The summed E-state index contributed by atoms with van der Waals surface area (Å²) < 4.78 is 7.54. The second-order valence-corrected chi connectivity index (χ2v) is 8.56. The van der Waals surface area contributed by atoms with E-state index in [1.54, 1.807) is 6.26 Å². The lowest BCUT2D eigenvalue weighted by atomic mass is 9.99. The van der Waals surface area contributed by atoms with Crippen molar-refractivity contribution in [1.82, 2.24) is 19.7 Å². The van der Waals surface area contributed by atoms with Gasteiger partial charge in [-0.05, 0) is 37.3 Å². The van der Waals surface area contributed by atoms with Crippen LogP contribution in [0, 0.1) is 12.8 Å². The van der Waals surface area contributed by atoms with E-state index in [-0.39, 0.29) is 5.91 Å². The summed E-state index contributed by atoms with van der Waals surface area (Å²) in [7, 11) is 0. The maximum Gasteiger partial charge on any atom is 0.233 e. The zero-order chi connectivity index (χ0) is 20.2. The number of piperidine rings is 1. The van der Waals surface area contributed by atoms with Crippen molar-refractivity contribution < 1.29 is 9.21 Å². The molecule has 0 radical (unpaired) electrons. The molecule has 0 spiro atoms. The Morgan fingerprint density at radius 3 is 2.62 bits per heavy atom. The van der Waals surface area contributed by atoms with Crippen LogP contribution in [0.3, 0.4) is 0 Å². The van der Waals surface area contributed by atoms with Gasteiger partial charge in [0.05, 0.1) is 24.1 Å². The number of benzene rings is 1. The first-order valence-electron chi connectivity index (χ1n) is 10.0. The SMILES string of the molecule is Cc1occc1-c1nnc(SCC(=O)N2CCC(C)CC2)n1Cc1ccccc1. The Labute approximate surface area is 175 Å². The number of carbonyl (C=O) groups is 1. The molecule has 1 aromatic carbocycles. The molecule has 4 rings (SSSR count). The van der Waals surface area contributed by atoms with Crippen molar-refractivity contribution in [1.29, 1.82) is 0 Å². The first-order chi connectivity index (χ1) is 14.1. The molecule has 0 unspecified atom stereocenters. The van der Waals surface area contributed by atoms with Gasteiger partial charge in [0.25, 0.3) is 0 Å². The molecular weight excluding hydrogens is 384 g/mol. The number of hydrogen-bond donors (Lipinski definition) is 0. The van der Waals surface area contributed by atoms with Crippen LogP contribution in [0.2, 0.25) is 0 Å². The van der Waals surface area contributed by atoms with Crippen LogP contribution in [0.25, 0.3) is 11.4 Å². The Morgan fingerprint density at radius 1 is 1.17 bits per heavy atom. The zero-order valence-corrected chi connectivity index (χ0v) is 17.7. The van der Waals surface area contributed by atoms with Crippen LogP contribution in [0.15, 0.2) is 52.2 Å². The number of furan rings is 1. The lowest BCUT2D eigenvalue weighted by molar-refractivity contribution is -0.129. The summed E-state index contributed by atoms with van der Waals surface area (Å²) in [6.45, 7) is 6.53. The molecule has 1 aliphatic heterocycles. The van der Waals surface area contributed by atoms with Crippen molar-refractivity contribution in [3.8, 4) is 11.4 Å². The van der Waals surface area contributed by atoms with Gasteiger partial charge in [-0.1, -0.05) is 49.0 Å². The van der Waals surface area contributed by atoms with Crippen molar-refractivity contribution in [2.75, 3.05) is 18.8 Å². The van der Waals surface area contributed by atoms with Crippen molar-refractivity contribution >= 4 is 17.7 Å². The number of hydrogen-bond acceptors (Lipinski definition) is 5. The van der Waals surface area contributed by atoms with Gasteiger partial charge in [0.15, 0.2) is 11.0 Å². The Hall–Kier alpha value is -2.54. The largest absolute Gasteiger partial charge is 0.469 e. The Kier molecular flexibility index (Phi) is 6.04. The summed E-state index contributed by atoms with van der Waals surface area (Å²) in [4.78, 5) is 14.6. The van der Waals surface area contributed by atoms with Crippen molar-refractivity contribution in [2.24, 2.45) is 5.92 Å². The van der Waals surface area contributed by atoms with E-state index < -0.39 is 0 Å². The summed E-state index contributed by atoms with van der Waals surface area (Å²) in [6.07, 6.45) is 3.84. The van der Waals surface area contributed by atoms with Crippen LogP contribution in [0.1, 0.15) is 31.1 Å². The fourth-order valence-corrected chi connectivity index (χ4v) is 4.44. The van der Waals surface area contributed by atoms with Crippen LogP contribution in [-0.4, -0.2) is 44.4 Å². The molecule has 6 nitrogen and oxygen atoms in total. The first-order valence-corrected chi connectivity index (χ1v) is 11.0. The fourth-order valence-electron chi connectivity index (χ4n) is 3.60. The zero-order valence-electron chi connectivity index (χ0n) is 16.9. The monoisotopic (exact) mass is 410 g/mol. The molecule has 152 valence electrons. The van der Waals surface area contributed by atoms with Gasteiger partial charge in [-0.15, -0.1) is 10.2 Å². The predicted molar refractivity (Wildman–Crippen MR) is 114 cm³/mol. The molecule has 0 saturated carbocycles. The molecular formula is C22H26N4O2S. The number of rotatable bonds is 6. The topological polar surface area (TPSA) is 64.2 Å². The number of likely N-dealkylation sites (tertiary alicyclic amines) is 1. The average molecular weight is 411 g/mol. The fraction of sp³-hybridized carbons (Fsp3) is 0.409. The van der Waals surface area contributed by atoms with Gasteiger partial charge in [0.2, 0.25) is 5.91 Å². The van der Waals surface area contributed by atoms with Crippen LogP contribution in [0.5, 0.6) is 0 Å². The number of aromatic nitrogens is 3. The molecule has 0 bridgehead atoms. The second kappa shape index (κ2) is 8.86. The molecule has 2 aromatic heterocycles. The van der Waals surface area contributed by atoms with Crippen LogP contribution in [0.4, 0.5) is 0 Å². The number of amides is 1. The summed E-state index contributed by atoms with van der Waals surface area (Å²) in [5.74, 6) is 2.84. The molecule has 0 N–H and O–H groups in total. The Morgan fingerprint density at radius 2 is 1.93 bits per heavy atom. The van der Waals surface area contributed by atoms with Crippen molar-refractivity contribution in [3.05, 3.63) is 54.0 Å². The number of thioether (sulfide) groups is 1. The molecule has 7 heteroatoms. The van der Waals surface area contributed by atoms with E-state index in [9.17, 15) is 4.79 Å². The number of nitrogens with zero attached hydrogens (tertiary/aromatic N) is 4. The van der Waals surface area contributed by atoms with E-state index in [1.165, 1.54) is 11.8 Å². The third kappa shape index (κ3) is 4.56. The Balaban J connectivity index is 1.54. The minimum atomic E-state index is 0.178. The highest BCUT2D eigenvalue weighted by Crippen LogP contribution is 2.28. The quantitative estimate of drug-likeness (QED) is 0.569. The van der Waals surface area contributed by atoms with Gasteiger partial charge in [-0.2, -0.15) is 0 Å². The van der Waals surface area contributed by atoms with Gasteiger partial charge in [-0.3, -0.25) is 9.36 Å². The highest BCUT2D eigenvalue weighted by molar-refractivity contribution is 7.99. The van der Waals surface area contributed by atoms with Crippen molar-refractivity contribution in [2.45, 2.75) is 38.4 Å². The molecule has 3 aromatic rings. The van der Waals surface area contributed by atoms with E-state index in [2.05, 4.69) is 33.8 Å². The van der Waals surface area contributed by atoms with Crippen LogP contribution < -0.4 is 0 Å². The van der Waals surface area contributed by atoms with E-state index in [4.69, 9.17) is 4.42 Å². The number of carbonyl (C=O) groups excluding carboxylic acids is 1. The summed E-state index contributed by atoms with van der Waals surface area (Å²) >= 11 is 1.46. The molecule has 3 heterocycles. The van der Waals surface area contributed by atoms with Gasteiger partial charge >= 0.3 is 0 Å². The average Bonchev–Trinajstić information content (AvgIpc) is 3.33. The third-order valence-electron chi connectivity index (χ3n) is 5.46. The van der Waals surface area contributed by atoms with E-state index >= 15 is 0 Å². The number of aryl methyl sites for hydroxylation is 1. The Bertz CT molecular complexity index is 958. The van der Waals surface area contributed by atoms with Gasteiger partial charge < -0.3 is 9.32 Å². The molecule has 1 amide bonds. The molecule has 1 saturated heterocycles. The minimum absolute atomic E-state index is 0.178. The van der Waals surface area contributed by atoms with Crippen LogP contribution >= 0.6 is 11.8 Å². The molecule has 0 atom stereocenters. The van der Waals surface area contributed by atoms with Gasteiger partial charge in [-0.25, -0.2) is 0 Å². The molecule has 1 aliphatic rings. The normalized spacial score (nSPS) is 15.0. The first kappa shape index (κ1) is 19.8. The second-order valence-electron chi connectivity index (χ2n) is 7.62. The highest BCUT2D eigenvalue weighted by atomic mass is 32.2. The minimum Gasteiger partial charge on any atom is -0.469 e. The molecule has 0 aliphatic carbocycles.